The molecule has 3 aromatic rings. The van der Waals surface area contributed by atoms with Crippen molar-refractivity contribution in [3.05, 3.63) is 53.6 Å². The number of thiazole rings is 1. The molecular weight excluding hydrogens is 369 g/mol. The number of hydrogen-bond acceptors (Lipinski definition) is 5. The lowest BCUT2D eigenvalue weighted by Crippen LogP contribution is -2.22. The maximum atomic E-state index is 12.3. The van der Waals surface area contributed by atoms with Crippen molar-refractivity contribution in [1.82, 2.24) is 4.98 Å². The maximum absolute atomic E-state index is 12.3. The lowest BCUT2D eigenvalue weighted by molar-refractivity contribution is -0.274. The van der Waals surface area contributed by atoms with Gasteiger partial charge in [0.15, 0.2) is 5.13 Å². The van der Waals surface area contributed by atoms with Gasteiger partial charge >= 0.3 is 6.36 Å². The minimum atomic E-state index is -4.80. The van der Waals surface area contributed by atoms with E-state index in [1.165, 1.54) is 18.2 Å². The van der Waals surface area contributed by atoms with Gasteiger partial charge in [0.2, 0.25) is 0 Å². The third-order valence-corrected chi connectivity index (χ3v) is 4.27. The van der Waals surface area contributed by atoms with Crippen molar-refractivity contribution in [2.24, 2.45) is 0 Å². The second-order valence-corrected chi connectivity index (χ2v) is 6.38. The number of nitrogens with one attached hydrogen (secondary N) is 1. The molecule has 0 radical (unpaired) electrons. The minimum Gasteiger partial charge on any atom is -0.406 e. The molecule has 0 bridgehead atoms. The number of halogens is 3. The van der Waals surface area contributed by atoms with Gasteiger partial charge in [-0.3, -0.25) is 14.9 Å². The Labute approximate surface area is 149 Å². The van der Waals surface area contributed by atoms with E-state index in [1.54, 1.807) is 12.1 Å². The normalized spacial score (nSPS) is 11.4. The Balaban J connectivity index is 1.77. The number of anilines is 1. The molecule has 0 saturated carbocycles. The zero-order valence-corrected chi connectivity index (χ0v) is 14.1. The number of alkyl halides is 3. The van der Waals surface area contributed by atoms with Gasteiger partial charge in [0.25, 0.3) is 11.7 Å². The first kappa shape index (κ1) is 17.9. The summed E-state index contributed by atoms with van der Waals surface area (Å²) in [7, 11) is 0. The van der Waals surface area contributed by atoms with E-state index in [9.17, 15) is 22.8 Å². The van der Waals surface area contributed by atoms with Crippen molar-refractivity contribution < 1.29 is 27.5 Å². The quantitative estimate of drug-likeness (QED) is 0.541. The van der Waals surface area contributed by atoms with E-state index in [-0.39, 0.29) is 16.4 Å². The Hall–Kier alpha value is -2.94. The van der Waals surface area contributed by atoms with E-state index in [0.717, 1.165) is 29.0 Å². The molecule has 26 heavy (non-hydrogen) atoms. The SMILES string of the molecule is Cc1ccc(C(=O)C(=O)Nc2nc3ccc(OC(F)(F)F)cc3s2)cc1. The zero-order chi connectivity index (χ0) is 18.9. The van der Waals surface area contributed by atoms with Crippen LogP contribution in [0.25, 0.3) is 10.2 Å². The number of hydrogen-bond donors (Lipinski definition) is 1. The molecule has 0 unspecified atom stereocenters. The number of ketones is 1. The molecule has 0 aliphatic heterocycles. The highest BCUT2D eigenvalue weighted by molar-refractivity contribution is 7.22. The Kier molecular flexibility index (Phi) is 4.64. The van der Waals surface area contributed by atoms with Crippen LogP contribution in [0.5, 0.6) is 5.75 Å². The van der Waals surface area contributed by atoms with Gasteiger partial charge < -0.3 is 4.74 Å². The highest BCUT2D eigenvalue weighted by Crippen LogP contribution is 2.31. The van der Waals surface area contributed by atoms with Crippen LogP contribution in [0.15, 0.2) is 42.5 Å². The summed E-state index contributed by atoms with van der Waals surface area (Å²) in [4.78, 5) is 28.2. The molecule has 0 aliphatic rings. The summed E-state index contributed by atoms with van der Waals surface area (Å²) in [6.45, 7) is 1.85. The summed E-state index contributed by atoms with van der Waals surface area (Å²) < 4.78 is 41.0. The number of fused-ring (bicyclic) bond motifs is 1. The fraction of sp³-hybridized carbons (Fsp3) is 0.118. The third kappa shape index (κ3) is 4.17. The second-order valence-electron chi connectivity index (χ2n) is 5.35. The Morgan fingerprint density at radius 1 is 1.12 bits per heavy atom. The lowest BCUT2D eigenvalue weighted by atomic mass is 10.1. The molecule has 2 aromatic carbocycles. The van der Waals surface area contributed by atoms with Gasteiger partial charge in [0, 0.05) is 11.6 Å². The van der Waals surface area contributed by atoms with E-state index in [2.05, 4.69) is 15.0 Å². The van der Waals surface area contributed by atoms with Crippen LogP contribution in [0.2, 0.25) is 0 Å². The molecule has 9 heteroatoms. The van der Waals surface area contributed by atoms with Crippen LogP contribution in [0.4, 0.5) is 18.3 Å². The first-order valence-electron chi connectivity index (χ1n) is 7.30. The molecule has 0 spiro atoms. The number of ether oxygens (including phenoxy) is 1. The molecule has 3 rings (SSSR count). The fourth-order valence-electron chi connectivity index (χ4n) is 2.15. The number of aromatic nitrogens is 1. The number of carbonyl (C=O) groups is 2. The number of rotatable bonds is 4. The highest BCUT2D eigenvalue weighted by Gasteiger charge is 2.31. The van der Waals surface area contributed by atoms with Gasteiger partial charge in [-0.15, -0.1) is 13.2 Å². The first-order valence-corrected chi connectivity index (χ1v) is 8.11. The van der Waals surface area contributed by atoms with Crippen LogP contribution in [0, 0.1) is 6.92 Å². The summed E-state index contributed by atoms with van der Waals surface area (Å²) >= 11 is 0.938. The van der Waals surface area contributed by atoms with Gasteiger partial charge in [-0.05, 0) is 19.1 Å². The molecule has 1 N–H and O–H groups in total. The topological polar surface area (TPSA) is 68.3 Å². The van der Waals surface area contributed by atoms with Crippen molar-refractivity contribution in [3.8, 4) is 5.75 Å². The van der Waals surface area contributed by atoms with Crippen LogP contribution >= 0.6 is 11.3 Å². The first-order chi connectivity index (χ1) is 12.2. The van der Waals surface area contributed by atoms with E-state index in [1.807, 2.05) is 6.92 Å². The van der Waals surface area contributed by atoms with Gasteiger partial charge in [0.1, 0.15) is 5.75 Å². The lowest BCUT2D eigenvalue weighted by Gasteiger charge is -2.07. The average Bonchev–Trinajstić information content (AvgIpc) is 2.94. The van der Waals surface area contributed by atoms with Crippen LogP contribution in [0.3, 0.4) is 0 Å². The largest absolute Gasteiger partial charge is 0.573 e. The van der Waals surface area contributed by atoms with E-state index < -0.39 is 18.1 Å². The standard InChI is InChI=1S/C17H11F3N2O3S/c1-9-2-4-10(5-3-9)14(23)15(24)22-16-21-12-7-6-11(8-13(12)26-16)25-17(18,19)20/h2-8H,1H3,(H,21,22,24). The number of amides is 1. The van der Waals surface area contributed by atoms with E-state index in [4.69, 9.17) is 0 Å². The van der Waals surface area contributed by atoms with Crippen LogP contribution < -0.4 is 10.1 Å². The van der Waals surface area contributed by atoms with Gasteiger partial charge in [0.05, 0.1) is 10.2 Å². The number of aryl methyl sites for hydroxylation is 1. The maximum Gasteiger partial charge on any atom is 0.573 e. The molecule has 0 saturated heterocycles. The van der Waals surface area contributed by atoms with Crippen molar-refractivity contribution in [3.63, 3.8) is 0 Å². The molecular formula is C17H11F3N2O3S. The molecule has 5 nitrogen and oxygen atoms in total. The Morgan fingerprint density at radius 2 is 1.81 bits per heavy atom. The van der Waals surface area contributed by atoms with Crippen LogP contribution in [0.1, 0.15) is 15.9 Å². The monoisotopic (exact) mass is 380 g/mol. The molecule has 0 fully saturated rings. The summed E-state index contributed by atoms with van der Waals surface area (Å²) in [5.41, 5.74) is 1.56. The van der Waals surface area contributed by atoms with Crippen molar-refractivity contribution >= 4 is 38.4 Å². The van der Waals surface area contributed by atoms with Crippen molar-refractivity contribution in [2.45, 2.75) is 13.3 Å². The van der Waals surface area contributed by atoms with Gasteiger partial charge in [-0.2, -0.15) is 0 Å². The van der Waals surface area contributed by atoms with Crippen molar-refractivity contribution in [2.75, 3.05) is 5.32 Å². The number of Topliss-reactive ketones (excluding diaryl/α,β-unsaturated/α-hetero) is 1. The summed E-state index contributed by atoms with van der Waals surface area (Å²) in [6.07, 6.45) is -4.80. The smallest absolute Gasteiger partial charge is 0.406 e. The third-order valence-electron chi connectivity index (χ3n) is 3.33. The second kappa shape index (κ2) is 6.75. The number of nitrogens with zero attached hydrogens (tertiary/aromatic N) is 1. The highest BCUT2D eigenvalue weighted by atomic mass is 32.1. The molecule has 0 atom stereocenters. The fourth-order valence-corrected chi connectivity index (χ4v) is 3.03. The predicted molar refractivity (Wildman–Crippen MR) is 90.4 cm³/mol. The van der Waals surface area contributed by atoms with Crippen LogP contribution in [-0.2, 0) is 4.79 Å². The molecule has 134 valence electrons. The van der Waals surface area contributed by atoms with Crippen molar-refractivity contribution in [1.29, 1.82) is 0 Å². The predicted octanol–water partition coefficient (Wildman–Crippen LogP) is 4.32. The minimum absolute atomic E-state index is 0.106. The molecule has 0 aliphatic carbocycles. The average molecular weight is 380 g/mol. The van der Waals surface area contributed by atoms with Gasteiger partial charge in [-0.25, -0.2) is 4.98 Å². The number of benzene rings is 2. The summed E-state index contributed by atoms with van der Waals surface area (Å²) in [5.74, 6) is -1.99. The molecule has 1 amide bonds. The summed E-state index contributed by atoms with van der Waals surface area (Å²) in [6, 6.07) is 10.1. The Morgan fingerprint density at radius 3 is 2.46 bits per heavy atom. The molecule has 1 heterocycles. The van der Waals surface area contributed by atoms with E-state index >= 15 is 0 Å². The van der Waals surface area contributed by atoms with Gasteiger partial charge in [-0.1, -0.05) is 41.2 Å². The zero-order valence-electron chi connectivity index (χ0n) is 13.3. The Bertz CT molecular complexity index is 981. The molecule has 1 aromatic heterocycles. The van der Waals surface area contributed by atoms with E-state index in [0.29, 0.717) is 10.2 Å². The van der Waals surface area contributed by atoms with Crippen LogP contribution in [-0.4, -0.2) is 23.0 Å². The number of carbonyl (C=O) groups excluding carboxylic acids is 2. The summed E-state index contributed by atoms with van der Waals surface area (Å²) in [5, 5.41) is 2.47.